The molecule has 1 nitrogen and oxygen atoms in total. The quantitative estimate of drug-likeness (QED) is 0.741. The summed E-state index contributed by atoms with van der Waals surface area (Å²) in [4.78, 5) is 0. The number of alkyl halides is 3. The predicted molar refractivity (Wildman–Crippen MR) is 80.4 cm³/mol. The summed E-state index contributed by atoms with van der Waals surface area (Å²) in [6.45, 7) is 0. The van der Waals surface area contributed by atoms with Crippen LogP contribution < -0.4 is 0 Å². The van der Waals surface area contributed by atoms with Crippen LogP contribution in [0.1, 0.15) is 31.2 Å². The lowest BCUT2D eigenvalue weighted by Crippen LogP contribution is -2.34. The van der Waals surface area contributed by atoms with Gasteiger partial charge in [0, 0.05) is 3.57 Å². The molecular weight excluding hydrogens is 380 g/mol. The largest absolute Gasteiger partial charge is 0.392 e. The Morgan fingerprint density at radius 2 is 1.85 bits per heavy atom. The summed E-state index contributed by atoms with van der Waals surface area (Å²) >= 11 is 2.20. The zero-order chi connectivity index (χ0) is 14.8. The van der Waals surface area contributed by atoms with Gasteiger partial charge in [0.15, 0.2) is 0 Å². The van der Waals surface area contributed by atoms with Crippen molar-refractivity contribution in [3.8, 4) is 0 Å². The van der Waals surface area contributed by atoms with E-state index in [0.717, 1.165) is 9.13 Å². The average Bonchev–Trinajstić information content (AvgIpc) is 2.40. The molecule has 0 aliphatic heterocycles. The van der Waals surface area contributed by atoms with Gasteiger partial charge < -0.3 is 5.11 Å². The van der Waals surface area contributed by atoms with E-state index in [9.17, 15) is 18.3 Å². The molecular formula is C15H18F3IO. The molecule has 0 heterocycles. The summed E-state index contributed by atoms with van der Waals surface area (Å²) in [5.74, 6) is -1.48. The van der Waals surface area contributed by atoms with Gasteiger partial charge in [0.1, 0.15) is 0 Å². The van der Waals surface area contributed by atoms with Gasteiger partial charge >= 0.3 is 6.18 Å². The molecule has 0 aromatic heterocycles. The summed E-state index contributed by atoms with van der Waals surface area (Å²) in [7, 11) is 0. The maximum atomic E-state index is 12.8. The van der Waals surface area contributed by atoms with Crippen molar-refractivity contribution in [2.45, 2.75) is 44.4 Å². The van der Waals surface area contributed by atoms with Gasteiger partial charge in [0.05, 0.1) is 12.0 Å². The first-order valence-corrected chi connectivity index (χ1v) is 7.93. The van der Waals surface area contributed by atoms with E-state index in [-0.39, 0.29) is 18.8 Å². The minimum Gasteiger partial charge on any atom is -0.392 e. The van der Waals surface area contributed by atoms with E-state index < -0.39 is 18.2 Å². The Balaban J connectivity index is 1.95. The van der Waals surface area contributed by atoms with Crippen molar-refractivity contribution in [3.05, 3.63) is 33.4 Å². The van der Waals surface area contributed by atoms with Crippen molar-refractivity contribution in [1.29, 1.82) is 0 Å². The molecule has 0 bridgehead atoms. The Hall–Kier alpha value is -0.300. The van der Waals surface area contributed by atoms with Crippen LogP contribution in [-0.2, 0) is 6.42 Å². The molecule has 5 heteroatoms. The normalized spacial score (nSPS) is 25.4. The monoisotopic (exact) mass is 398 g/mol. The molecule has 3 atom stereocenters. The van der Waals surface area contributed by atoms with E-state index >= 15 is 0 Å². The lowest BCUT2D eigenvalue weighted by molar-refractivity contribution is -0.188. The second-order valence-electron chi connectivity index (χ2n) is 5.56. The molecule has 2 rings (SSSR count). The summed E-state index contributed by atoms with van der Waals surface area (Å²) in [6, 6.07) is 7.74. The molecule has 3 unspecified atom stereocenters. The molecule has 112 valence electrons. The van der Waals surface area contributed by atoms with Gasteiger partial charge in [-0.15, -0.1) is 0 Å². The number of aliphatic hydroxyl groups is 1. The van der Waals surface area contributed by atoms with Crippen molar-refractivity contribution < 1.29 is 18.3 Å². The van der Waals surface area contributed by atoms with Crippen LogP contribution in [0.2, 0.25) is 0 Å². The number of rotatable bonds is 3. The first kappa shape index (κ1) is 16.1. The predicted octanol–water partition coefficient (Wildman–Crippen LogP) is 4.56. The van der Waals surface area contributed by atoms with Gasteiger partial charge in [-0.05, 0) is 71.9 Å². The smallest absolute Gasteiger partial charge is 0.391 e. The summed E-state index contributed by atoms with van der Waals surface area (Å²) in [6.07, 6.45) is -2.85. The summed E-state index contributed by atoms with van der Waals surface area (Å²) in [5.41, 5.74) is 0.979. The van der Waals surface area contributed by atoms with Crippen LogP contribution >= 0.6 is 22.6 Å². The fourth-order valence-corrected chi connectivity index (χ4v) is 3.26. The van der Waals surface area contributed by atoms with E-state index in [1.54, 1.807) is 0 Å². The van der Waals surface area contributed by atoms with Gasteiger partial charge in [-0.1, -0.05) is 18.6 Å². The minimum atomic E-state index is -4.12. The zero-order valence-electron chi connectivity index (χ0n) is 11.0. The molecule has 1 saturated carbocycles. The number of aliphatic hydroxyl groups excluding tert-OH is 1. The van der Waals surface area contributed by atoms with Crippen LogP contribution in [0, 0.1) is 15.4 Å². The first-order valence-electron chi connectivity index (χ1n) is 6.85. The van der Waals surface area contributed by atoms with E-state index in [1.165, 1.54) is 0 Å². The highest BCUT2D eigenvalue weighted by Gasteiger charge is 2.43. The maximum Gasteiger partial charge on any atom is 0.391 e. The van der Waals surface area contributed by atoms with Gasteiger partial charge in [-0.2, -0.15) is 13.2 Å². The standard InChI is InChI=1S/C15H18F3IO/c16-15(17,18)12-3-1-2-11(9-12)14(20)8-10-4-6-13(19)7-5-10/h4-7,11-12,14,20H,1-3,8-9H2. The second kappa shape index (κ2) is 6.64. The lowest BCUT2D eigenvalue weighted by atomic mass is 9.77. The molecule has 1 fully saturated rings. The maximum absolute atomic E-state index is 12.8. The van der Waals surface area contributed by atoms with Crippen LogP contribution in [0.5, 0.6) is 0 Å². The molecule has 1 aromatic rings. The van der Waals surface area contributed by atoms with Gasteiger partial charge in [0.25, 0.3) is 0 Å². The Bertz CT molecular complexity index is 430. The van der Waals surface area contributed by atoms with Crippen LogP contribution in [0.3, 0.4) is 0 Å². The van der Waals surface area contributed by atoms with Gasteiger partial charge in [0.2, 0.25) is 0 Å². The fourth-order valence-electron chi connectivity index (χ4n) is 2.90. The minimum absolute atomic E-state index is 0.0645. The molecule has 1 aliphatic carbocycles. The molecule has 1 aromatic carbocycles. The number of hydrogen-bond donors (Lipinski definition) is 1. The lowest BCUT2D eigenvalue weighted by Gasteiger charge is -2.33. The van der Waals surface area contributed by atoms with Crippen LogP contribution in [0.25, 0.3) is 0 Å². The van der Waals surface area contributed by atoms with Crippen molar-refractivity contribution >= 4 is 22.6 Å². The number of halogens is 4. The van der Waals surface area contributed by atoms with Crippen molar-refractivity contribution in [2.24, 2.45) is 11.8 Å². The molecule has 1 aliphatic rings. The summed E-state index contributed by atoms with van der Waals surface area (Å²) in [5, 5.41) is 10.2. The van der Waals surface area contributed by atoms with Crippen LogP contribution in [0.15, 0.2) is 24.3 Å². The van der Waals surface area contributed by atoms with E-state index in [4.69, 9.17) is 0 Å². The third-order valence-electron chi connectivity index (χ3n) is 4.08. The van der Waals surface area contributed by atoms with Gasteiger partial charge in [-0.3, -0.25) is 0 Å². The fraction of sp³-hybridized carbons (Fsp3) is 0.600. The third-order valence-corrected chi connectivity index (χ3v) is 4.80. The Morgan fingerprint density at radius 1 is 1.20 bits per heavy atom. The highest BCUT2D eigenvalue weighted by atomic mass is 127. The van der Waals surface area contributed by atoms with Crippen molar-refractivity contribution in [1.82, 2.24) is 0 Å². The number of hydrogen-bond acceptors (Lipinski definition) is 1. The van der Waals surface area contributed by atoms with E-state index in [1.807, 2.05) is 24.3 Å². The Labute approximate surface area is 130 Å². The first-order chi connectivity index (χ1) is 9.36. The molecule has 0 radical (unpaired) electrons. The molecule has 0 saturated heterocycles. The summed E-state index contributed by atoms with van der Waals surface area (Å²) < 4.78 is 39.4. The average molecular weight is 398 g/mol. The zero-order valence-corrected chi connectivity index (χ0v) is 13.2. The Morgan fingerprint density at radius 3 is 2.45 bits per heavy atom. The molecule has 0 spiro atoms. The SMILES string of the molecule is OC(Cc1ccc(I)cc1)C1CCCC(C(F)(F)F)C1. The molecule has 20 heavy (non-hydrogen) atoms. The van der Waals surface area contributed by atoms with E-state index in [0.29, 0.717) is 19.3 Å². The molecule has 1 N–H and O–H groups in total. The highest BCUT2D eigenvalue weighted by Crippen LogP contribution is 2.41. The molecule has 0 amide bonds. The second-order valence-corrected chi connectivity index (χ2v) is 6.81. The highest BCUT2D eigenvalue weighted by molar-refractivity contribution is 14.1. The third kappa shape index (κ3) is 4.35. The van der Waals surface area contributed by atoms with Crippen LogP contribution in [-0.4, -0.2) is 17.4 Å². The topological polar surface area (TPSA) is 20.2 Å². The van der Waals surface area contributed by atoms with Crippen molar-refractivity contribution in [2.75, 3.05) is 0 Å². The van der Waals surface area contributed by atoms with Crippen LogP contribution in [0.4, 0.5) is 13.2 Å². The van der Waals surface area contributed by atoms with Gasteiger partial charge in [-0.25, -0.2) is 0 Å². The van der Waals surface area contributed by atoms with E-state index in [2.05, 4.69) is 22.6 Å². The van der Waals surface area contributed by atoms with Crippen molar-refractivity contribution in [3.63, 3.8) is 0 Å². The number of benzene rings is 1. The Kier molecular flexibility index (Phi) is 5.34.